The van der Waals surface area contributed by atoms with E-state index in [1.54, 1.807) is 0 Å². The van der Waals surface area contributed by atoms with Crippen LogP contribution in [0, 0.1) is 0 Å². The number of benzene rings is 1. The lowest BCUT2D eigenvalue weighted by Crippen LogP contribution is -2.38. The molecule has 0 aromatic heterocycles. The van der Waals surface area contributed by atoms with Gasteiger partial charge in [0.05, 0.1) is 5.56 Å². The Hall–Kier alpha value is -1.52. The van der Waals surface area contributed by atoms with E-state index in [9.17, 15) is 18.0 Å². The van der Waals surface area contributed by atoms with Gasteiger partial charge in [0.25, 0.3) is 0 Å². The molecule has 0 aliphatic carbocycles. The molecule has 104 valence electrons. The first-order valence-corrected chi connectivity index (χ1v) is 6.36. The van der Waals surface area contributed by atoms with Crippen LogP contribution >= 0.6 is 0 Å². The number of alkyl halides is 3. The van der Waals surface area contributed by atoms with Crippen LogP contribution in [0.1, 0.15) is 42.1 Å². The Morgan fingerprint density at radius 1 is 1.32 bits per heavy atom. The van der Waals surface area contributed by atoms with Crippen LogP contribution in [0.15, 0.2) is 18.2 Å². The smallest absolute Gasteiger partial charge is 0.368 e. The normalized spacial score (nSPS) is 20.4. The van der Waals surface area contributed by atoms with Crippen molar-refractivity contribution in [3.05, 3.63) is 29.3 Å². The Labute approximate surface area is 110 Å². The van der Waals surface area contributed by atoms with Crippen LogP contribution in [-0.4, -0.2) is 18.9 Å². The Morgan fingerprint density at radius 2 is 2.05 bits per heavy atom. The van der Waals surface area contributed by atoms with Crippen molar-refractivity contribution in [1.29, 1.82) is 0 Å². The zero-order valence-electron chi connectivity index (χ0n) is 10.7. The van der Waals surface area contributed by atoms with Crippen molar-refractivity contribution in [1.82, 2.24) is 0 Å². The molecule has 0 N–H and O–H groups in total. The fourth-order valence-electron chi connectivity index (χ4n) is 2.54. The second-order valence-corrected chi connectivity index (χ2v) is 4.93. The van der Waals surface area contributed by atoms with Gasteiger partial charge < -0.3 is 4.90 Å². The number of carbonyl (C=O) groups is 1. The first-order chi connectivity index (χ1) is 8.93. The average molecular weight is 271 g/mol. The molecule has 5 heteroatoms. The number of anilines is 1. The minimum atomic E-state index is -4.41. The molecule has 0 amide bonds. The molecule has 1 aliphatic rings. The molecule has 0 saturated carbocycles. The van der Waals surface area contributed by atoms with E-state index >= 15 is 0 Å². The minimum absolute atomic E-state index is 0.114. The SMILES string of the molecule is CC1CCCCN1c1ccc(C(F)(F)F)cc1C=O. The fraction of sp³-hybridized carbons (Fsp3) is 0.500. The molecular weight excluding hydrogens is 255 g/mol. The fourth-order valence-corrected chi connectivity index (χ4v) is 2.54. The molecule has 1 heterocycles. The van der Waals surface area contributed by atoms with Crippen molar-refractivity contribution < 1.29 is 18.0 Å². The number of hydrogen-bond donors (Lipinski definition) is 0. The number of halogens is 3. The highest BCUT2D eigenvalue weighted by atomic mass is 19.4. The van der Waals surface area contributed by atoms with E-state index in [1.807, 2.05) is 11.8 Å². The molecular formula is C14H16F3NO. The summed E-state index contributed by atoms with van der Waals surface area (Å²) in [6.07, 6.45) is -0.784. The molecule has 19 heavy (non-hydrogen) atoms. The van der Waals surface area contributed by atoms with Crippen molar-refractivity contribution in [2.45, 2.75) is 38.4 Å². The number of aldehydes is 1. The topological polar surface area (TPSA) is 20.3 Å². The van der Waals surface area contributed by atoms with Gasteiger partial charge in [-0.2, -0.15) is 13.2 Å². The van der Waals surface area contributed by atoms with Gasteiger partial charge in [0.2, 0.25) is 0 Å². The molecule has 0 bridgehead atoms. The Kier molecular flexibility index (Phi) is 3.83. The number of hydrogen-bond acceptors (Lipinski definition) is 2. The van der Waals surface area contributed by atoms with Gasteiger partial charge in [0.1, 0.15) is 0 Å². The summed E-state index contributed by atoms with van der Waals surface area (Å²) in [6.45, 7) is 2.82. The predicted octanol–water partition coefficient (Wildman–Crippen LogP) is 3.90. The van der Waals surface area contributed by atoms with Crippen LogP contribution < -0.4 is 4.90 Å². The summed E-state index contributed by atoms with van der Waals surface area (Å²) < 4.78 is 37.9. The van der Waals surface area contributed by atoms with E-state index in [0.717, 1.165) is 37.9 Å². The van der Waals surface area contributed by atoms with E-state index in [-0.39, 0.29) is 11.6 Å². The molecule has 2 nitrogen and oxygen atoms in total. The molecule has 0 spiro atoms. The molecule has 0 radical (unpaired) electrons. The largest absolute Gasteiger partial charge is 0.416 e. The standard InChI is InChI=1S/C14H16F3NO/c1-10-4-2-3-7-18(10)13-6-5-12(14(15,16)17)8-11(13)9-19/h5-6,8-10H,2-4,7H2,1H3. The maximum absolute atomic E-state index is 12.6. The Balaban J connectivity index is 2.38. The lowest BCUT2D eigenvalue weighted by molar-refractivity contribution is -0.137. The van der Waals surface area contributed by atoms with Crippen molar-refractivity contribution >= 4 is 12.0 Å². The van der Waals surface area contributed by atoms with Gasteiger partial charge in [-0.05, 0) is 44.4 Å². The molecule has 1 aromatic rings. The van der Waals surface area contributed by atoms with Crippen LogP contribution in [0.4, 0.5) is 18.9 Å². The third-order valence-corrected chi connectivity index (χ3v) is 3.59. The van der Waals surface area contributed by atoms with Crippen LogP contribution in [0.25, 0.3) is 0 Å². The number of piperidine rings is 1. The number of nitrogens with zero attached hydrogens (tertiary/aromatic N) is 1. The monoisotopic (exact) mass is 271 g/mol. The minimum Gasteiger partial charge on any atom is -0.368 e. The zero-order valence-corrected chi connectivity index (χ0v) is 10.7. The lowest BCUT2D eigenvalue weighted by atomic mass is 10.0. The lowest BCUT2D eigenvalue weighted by Gasteiger charge is -2.36. The Morgan fingerprint density at radius 3 is 2.63 bits per heavy atom. The van der Waals surface area contributed by atoms with Crippen LogP contribution in [0.5, 0.6) is 0 Å². The van der Waals surface area contributed by atoms with Crippen LogP contribution in [0.2, 0.25) is 0 Å². The van der Waals surface area contributed by atoms with Crippen molar-refractivity contribution in [2.24, 2.45) is 0 Å². The zero-order chi connectivity index (χ0) is 14.0. The summed E-state index contributed by atoms with van der Waals surface area (Å²) in [7, 11) is 0. The van der Waals surface area contributed by atoms with E-state index in [4.69, 9.17) is 0 Å². The third-order valence-electron chi connectivity index (χ3n) is 3.59. The van der Waals surface area contributed by atoms with Gasteiger partial charge in [0.15, 0.2) is 6.29 Å². The number of rotatable bonds is 2. The summed E-state index contributed by atoms with van der Waals surface area (Å²) in [5.41, 5.74) is -0.0539. The first-order valence-electron chi connectivity index (χ1n) is 6.36. The van der Waals surface area contributed by atoms with Crippen molar-refractivity contribution in [3.63, 3.8) is 0 Å². The third kappa shape index (κ3) is 2.91. The van der Waals surface area contributed by atoms with Gasteiger partial charge in [-0.15, -0.1) is 0 Å². The highest BCUT2D eigenvalue weighted by Crippen LogP contribution is 2.34. The predicted molar refractivity (Wildman–Crippen MR) is 67.5 cm³/mol. The summed E-state index contributed by atoms with van der Waals surface area (Å²) >= 11 is 0. The maximum atomic E-state index is 12.6. The van der Waals surface area contributed by atoms with Gasteiger partial charge in [0, 0.05) is 23.8 Å². The van der Waals surface area contributed by atoms with Gasteiger partial charge in [-0.25, -0.2) is 0 Å². The van der Waals surface area contributed by atoms with Crippen molar-refractivity contribution in [2.75, 3.05) is 11.4 Å². The average Bonchev–Trinajstić information content (AvgIpc) is 2.37. The molecule has 1 unspecified atom stereocenters. The first kappa shape index (κ1) is 13.9. The molecule has 1 atom stereocenters. The van der Waals surface area contributed by atoms with Gasteiger partial charge >= 0.3 is 6.18 Å². The maximum Gasteiger partial charge on any atom is 0.416 e. The second-order valence-electron chi connectivity index (χ2n) is 4.93. The molecule has 1 aromatic carbocycles. The van der Waals surface area contributed by atoms with Gasteiger partial charge in [-0.1, -0.05) is 0 Å². The van der Waals surface area contributed by atoms with Crippen LogP contribution in [-0.2, 0) is 6.18 Å². The molecule has 1 aliphatic heterocycles. The van der Waals surface area contributed by atoms with Gasteiger partial charge in [-0.3, -0.25) is 4.79 Å². The van der Waals surface area contributed by atoms with Crippen molar-refractivity contribution in [3.8, 4) is 0 Å². The Bertz CT molecular complexity index is 470. The molecule has 1 fully saturated rings. The van der Waals surface area contributed by atoms with Crippen LogP contribution in [0.3, 0.4) is 0 Å². The summed E-state index contributed by atoms with van der Waals surface area (Å²) in [5, 5.41) is 0. The van der Waals surface area contributed by atoms with E-state index in [2.05, 4.69) is 0 Å². The van der Waals surface area contributed by atoms with E-state index in [1.165, 1.54) is 6.07 Å². The van der Waals surface area contributed by atoms with E-state index < -0.39 is 11.7 Å². The second kappa shape index (κ2) is 5.23. The summed E-state index contributed by atoms with van der Waals surface area (Å²) in [6, 6.07) is 3.64. The summed E-state index contributed by atoms with van der Waals surface area (Å²) in [4.78, 5) is 13.1. The van der Waals surface area contributed by atoms with E-state index in [0.29, 0.717) is 12.0 Å². The quantitative estimate of drug-likeness (QED) is 0.760. The molecule has 1 saturated heterocycles. The molecule has 2 rings (SSSR count). The number of carbonyl (C=O) groups excluding carboxylic acids is 1. The highest BCUT2D eigenvalue weighted by molar-refractivity contribution is 5.85. The highest BCUT2D eigenvalue weighted by Gasteiger charge is 2.31. The summed E-state index contributed by atoms with van der Waals surface area (Å²) in [5.74, 6) is 0.